The molecule has 0 saturated carbocycles. The molecule has 0 N–H and O–H groups in total. The molecule has 6 heteroatoms. The minimum absolute atomic E-state index is 0.0500. The number of rotatable bonds is 2. The molecule has 1 aromatic heterocycles. The number of carbonyl (C=O) groups excluding carboxylic acids is 2. The van der Waals surface area contributed by atoms with Gasteiger partial charge < -0.3 is 9.80 Å². The molecule has 2 aliphatic rings. The maximum absolute atomic E-state index is 13.0. The number of likely N-dealkylation sites (N-methyl/N-ethyl adjacent to an activating group) is 1. The summed E-state index contributed by atoms with van der Waals surface area (Å²) in [7, 11) is 3.62. The van der Waals surface area contributed by atoms with Gasteiger partial charge >= 0.3 is 0 Å². The van der Waals surface area contributed by atoms with Gasteiger partial charge in [0.25, 0.3) is 5.91 Å². The van der Waals surface area contributed by atoms with Gasteiger partial charge in [-0.2, -0.15) is 5.10 Å². The van der Waals surface area contributed by atoms with Crippen LogP contribution in [-0.4, -0.2) is 58.1 Å². The maximum Gasteiger partial charge on any atom is 0.272 e. The van der Waals surface area contributed by atoms with E-state index in [4.69, 9.17) is 0 Å². The molecular weight excluding hydrogens is 316 g/mol. The molecule has 2 aliphatic heterocycles. The van der Waals surface area contributed by atoms with E-state index in [-0.39, 0.29) is 17.7 Å². The third kappa shape index (κ3) is 2.35. The van der Waals surface area contributed by atoms with Crippen LogP contribution in [0.2, 0.25) is 0 Å². The van der Waals surface area contributed by atoms with Crippen LogP contribution < -0.4 is 0 Å². The lowest BCUT2D eigenvalue weighted by Gasteiger charge is -2.28. The van der Waals surface area contributed by atoms with Crippen LogP contribution in [0.3, 0.4) is 0 Å². The van der Waals surface area contributed by atoms with Gasteiger partial charge in [0, 0.05) is 45.8 Å². The molecule has 2 amide bonds. The lowest BCUT2D eigenvalue weighted by molar-refractivity contribution is -0.134. The number of benzene rings is 1. The van der Waals surface area contributed by atoms with Crippen LogP contribution in [-0.2, 0) is 11.8 Å². The van der Waals surface area contributed by atoms with E-state index in [9.17, 15) is 9.59 Å². The highest BCUT2D eigenvalue weighted by molar-refractivity contribution is 5.94. The molecule has 0 aliphatic carbocycles. The summed E-state index contributed by atoms with van der Waals surface area (Å²) >= 11 is 0. The molecular formula is C19H22N4O2. The van der Waals surface area contributed by atoms with Crippen molar-refractivity contribution in [1.82, 2.24) is 19.6 Å². The lowest BCUT2D eigenvalue weighted by atomic mass is 9.73. The fraction of sp³-hybridized carbons (Fsp3) is 0.421. The fourth-order valence-electron chi connectivity index (χ4n) is 4.38. The van der Waals surface area contributed by atoms with E-state index in [2.05, 4.69) is 17.2 Å². The zero-order valence-electron chi connectivity index (χ0n) is 14.6. The molecule has 2 atom stereocenters. The molecule has 1 aromatic carbocycles. The van der Waals surface area contributed by atoms with Crippen LogP contribution in [0.5, 0.6) is 0 Å². The summed E-state index contributed by atoms with van der Waals surface area (Å²) in [6.45, 7) is 1.78. The number of hydrogen-bond donors (Lipinski definition) is 0. The van der Waals surface area contributed by atoms with Crippen molar-refractivity contribution in [2.24, 2.45) is 12.5 Å². The monoisotopic (exact) mass is 338 g/mol. The highest BCUT2D eigenvalue weighted by Gasteiger charge is 2.57. The molecule has 130 valence electrons. The largest absolute Gasteiger partial charge is 0.345 e. The molecule has 6 nitrogen and oxygen atoms in total. The van der Waals surface area contributed by atoms with Gasteiger partial charge in [0.1, 0.15) is 5.69 Å². The van der Waals surface area contributed by atoms with E-state index in [0.29, 0.717) is 31.7 Å². The van der Waals surface area contributed by atoms with Crippen molar-refractivity contribution in [2.75, 3.05) is 26.7 Å². The zero-order chi connectivity index (χ0) is 17.6. The lowest BCUT2D eigenvalue weighted by Crippen LogP contribution is -2.39. The van der Waals surface area contributed by atoms with Crippen molar-refractivity contribution in [1.29, 1.82) is 0 Å². The number of hydrogen-bond acceptors (Lipinski definition) is 3. The van der Waals surface area contributed by atoms with E-state index < -0.39 is 5.41 Å². The maximum atomic E-state index is 13.0. The van der Waals surface area contributed by atoms with Gasteiger partial charge in [-0.15, -0.1) is 0 Å². The van der Waals surface area contributed by atoms with Crippen LogP contribution in [0, 0.1) is 5.41 Å². The standard InChI is InChI=1S/C19H22N4O2/c1-21-12-15(14-6-4-3-5-7-14)19(18(21)25)9-11-23(13-19)17(24)16-8-10-20-22(16)2/h3-8,10,15H,9,11-13H2,1-2H3/t15-,19+/m1/s1. The first-order valence-electron chi connectivity index (χ1n) is 8.61. The van der Waals surface area contributed by atoms with E-state index in [1.165, 1.54) is 5.56 Å². The van der Waals surface area contributed by atoms with Crippen molar-refractivity contribution >= 4 is 11.8 Å². The second kappa shape index (κ2) is 5.72. The van der Waals surface area contributed by atoms with Gasteiger partial charge in [-0.25, -0.2) is 0 Å². The summed E-state index contributed by atoms with van der Waals surface area (Å²) in [5.74, 6) is 0.225. The van der Waals surface area contributed by atoms with Crippen molar-refractivity contribution in [3.8, 4) is 0 Å². The van der Waals surface area contributed by atoms with Gasteiger partial charge in [0.15, 0.2) is 0 Å². The summed E-state index contributed by atoms with van der Waals surface area (Å²) in [5, 5.41) is 4.08. The molecule has 1 spiro atoms. The fourth-order valence-corrected chi connectivity index (χ4v) is 4.38. The quantitative estimate of drug-likeness (QED) is 0.834. The Morgan fingerprint density at radius 2 is 1.96 bits per heavy atom. The normalized spacial score (nSPS) is 26.0. The Morgan fingerprint density at radius 3 is 2.64 bits per heavy atom. The predicted octanol–water partition coefficient (Wildman–Crippen LogP) is 1.51. The smallest absolute Gasteiger partial charge is 0.272 e. The molecule has 2 fully saturated rings. The minimum atomic E-state index is -0.510. The molecule has 3 heterocycles. The number of nitrogens with zero attached hydrogens (tertiary/aromatic N) is 4. The second-order valence-corrected chi connectivity index (χ2v) is 7.12. The summed E-state index contributed by atoms with van der Waals surface area (Å²) in [6.07, 6.45) is 2.33. The first-order chi connectivity index (χ1) is 12.0. The highest BCUT2D eigenvalue weighted by atomic mass is 16.2. The third-order valence-corrected chi connectivity index (χ3v) is 5.73. The first kappa shape index (κ1) is 15.9. The highest BCUT2D eigenvalue weighted by Crippen LogP contribution is 2.49. The number of carbonyl (C=O) groups is 2. The SMILES string of the molecule is CN1C[C@H](c2ccccc2)[C@@]2(CCN(C(=O)c3ccnn3C)C2)C1=O. The molecule has 0 bridgehead atoms. The van der Waals surface area contributed by atoms with Crippen LogP contribution in [0.15, 0.2) is 42.6 Å². The zero-order valence-corrected chi connectivity index (χ0v) is 14.6. The third-order valence-electron chi connectivity index (χ3n) is 5.73. The molecule has 0 unspecified atom stereocenters. The van der Waals surface area contributed by atoms with Gasteiger partial charge in [0.05, 0.1) is 5.41 Å². The van der Waals surface area contributed by atoms with E-state index in [1.54, 1.807) is 24.0 Å². The Morgan fingerprint density at radius 1 is 1.20 bits per heavy atom. The van der Waals surface area contributed by atoms with Crippen LogP contribution in [0.4, 0.5) is 0 Å². The number of aromatic nitrogens is 2. The Hall–Kier alpha value is -2.63. The van der Waals surface area contributed by atoms with Gasteiger partial charge in [-0.05, 0) is 18.1 Å². The van der Waals surface area contributed by atoms with Crippen LogP contribution in [0.1, 0.15) is 28.4 Å². The van der Waals surface area contributed by atoms with Gasteiger partial charge in [-0.3, -0.25) is 14.3 Å². The van der Waals surface area contributed by atoms with Gasteiger partial charge in [0.2, 0.25) is 5.91 Å². The van der Waals surface area contributed by atoms with Crippen LogP contribution in [0.25, 0.3) is 0 Å². The Balaban J connectivity index is 1.65. The van der Waals surface area contributed by atoms with E-state index in [0.717, 1.165) is 0 Å². The Labute approximate surface area is 147 Å². The topological polar surface area (TPSA) is 58.4 Å². The average Bonchev–Trinajstić information content (AvgIpc) is 3.31. The van der Waals surface area contributed by atoms with Crippen molar-refractivity contribution in [2.45, 2.75) is 12.3 Å². The molecule has 0 radical (unpaired) electrons. The molecule has 25 heavy (non-hydrogen) atoms. The van der Waals surface area contributed by atoms with Crippen molar-refractivity contribution in [3.63, 3.8) is 0 Å². The Bertz CT molecular complexity index is 816. The van der Waals surface area contributed by atoms with E-state index in [1.807, 2.05) is 35.0 Å². The summed E-state index contributed by atoms with van der Waals surface area (Å²) in [6, 6.07) is 11.9. The Kier molecular flexibility index (Phi) is 3.63. The molecule has 4 rings (SSSR count). The first-order valence-corrected chi connectivity index (χ1v) is 8.61. The minimum Gasteiger partial charge on any atom is -0.345 e. The van der Waals surface area contributed by atoms with Crippen molar-refractivity contribution in [3.05, 3.63) is 53.9 Å². The summed E-state index contributed by atoms with van der Waals surface area (Å²) in [5.41, 5.74) is 1.23. The average molecular weight is 338 g/mol. The summed E-state index contributed by atoms with van der Waals surface area (Å²) < 4.78 is 1.59. The number of aryl methyl sites for hydroxylation is 1. The van der Waals surface area contributed by atoms with Crippen molar-refractivity contribution < 1.29 is 9.59 Å². The van der Waals surface area contributed by atoms with Crippen LogP contribution >= 0.6 is 0 Å². The second-order valence-electron chi connectivity index (χ2n) is 7.12. The number of amides is 2. The molecule has 2 saturated heterocycles. The van der Waals surface area contributed by atoms with Gasteiger partial charge in [-0.1, -0.05) is 30.3 Å². The number of likely N-dealkylation sites (tertiary alicyclic amines) is 2. The summed E-state index contributed by atoms with van der Waals surface area (Å²) in [4.78, 5) is 29.5. The molecule has 2 aromatic rings. The predicted molar refractivity (Wildman–Crippen MR) is 93.0 cm³/mol. The van der Waals surface area contributed by atoms with E-state index >= 15 is 0 Å².